The van der Waals surface area contributed by atoms with Gasteiger partial charge in [-0.25, -0.2) is 4.98 Å². The minimum atomic E-state index is -4.58. The van der Waals surface area contributed by atoms with E-state index in [1.807, 2.05) is 6.07 Å². The number of aromatic nitrogens is 1. The fourth-order valence-corrected chi connectivity index (χ4v) is 2.39. The average molecular weight is 467 g/mol. The first-order valence-corrected chi connectivity index (χ1v) is 9.21. The molecule has 0 atom stereocenters. The van der Waals surface area contributed by atoms with Gasteiger partial charge in [0.1, 0.15) is 5.82 Å². The van der Waals surface area contributed by atoms with Crippen molar-refractivity contribution in [2.24, 2.45) is 11.5 Å². The summed E-state index contributed by atoms with van der Waals surface area (Å²) in [5.41, 5.74) is 14.5. The van der Waals surface area contributed by atoms with E-state index < -0.39 is 18.7 Å². The molecule has 0 radical (unpaired) electrons. The molecule has 2 aromatic rings. The Morgan fingerprint density at radius 3 is 2.53 bits per heavy atom. The maximum Gasteiger partial charge on any atom is 0.422 e. The number of carbonyl (C=O) groups is 1. The van der Waals surface area contributed by atoms with E-state index in [9.17, 15) is 18.0 Å². The zero-order valence-corrected chi connectivity index (χ0v) is 17.4. The molecule has 1 heterocycles. The number of hydrogen-bond acceptors (Lipinski definition) is 7. The summed E-state index contributed by atoms with van der Waals surface area (Å²) in [6.07, 6.45) is -0.834. The smallest absolute Gasteiger partial charge is 0.422 e. The van der Waals surface area contributed by atoms with Crippen LogP contribution in [0.1, 0.15) is 15.9 Å². The van der Waals surface area contributed by atoms with Crippen molar-refractivity contribution in [2.75, 3.05) is 13.7 Å². The molecule has 1 aromatic heterocycles. The molecular formula is C20H18ClF3N6O2. The number of amides is 1. The topological polar surface area (TPSA) is 130 Å². The molecular weight excluding hydrogens is 449 g/mol. The minimum absolute atomic E-state index is 0.0154. The highest BCUT2D eigenvalue weighted by molar-refractivity contribution is 6.29. The molecule has 0 bridgehead atoms. The Morgan fingerprint density at radius 1 is 1.31 bits per heavy atom. The molecule has 0 saturated heterocycles. The number of alkyl halides is 3. The van der Waals surface area contributed by atoms with E-state index >= 15 is 0 Å². The summed E-state index contributed by atoms with van der Waals surface area (Å²) in [5.74, 6) is -0.858. The van der Waals surface area contributed by atoms with Crippen molar-refractivity contribution in [2.45, 2.75) is 6.18 Å². The molecule has 1 aromatic carbocycles. The Kier molecular flexibility index (Phi) is 7.92. The van der Waals surface area contributed by atoms with E-state index in [0.29, 0.717) is 11.1 Å². The standard InChI is InChI=1S/C20H18ClF3N6O2/c1-30(17(27)7-6-16(21)26)29-18(31)14-8-15(13-4-2-12(9-25)3-5-13)19(28-10-14)32-11-20(22,23)24/h2-8,10H,11,26-27H2,1H3,(H,29,31)/b16-6-,17-7+. The zero-order valence-electron chi connectivity index (χ0n) is 16.7. The summed E-state index contributed by atoms with van der Waals surface area (Å²) < 4.78 is 42.7. The van der Waals surface area contributed by atoms with Crippen molar-refractivity contribution < 1.29 is 22.7 Å². The largest absolute Gasteiger partial charge is 0.468 e. The number of hydrogen-bond donors (Lipinski definition) is 3. The first-order valence-electron chi connectivity index (χ1n) is 8.83. The normalized spacial score (nSPS) is 12.1. The summed E-state index contributed by atoms with van der Waals surface area (Å²) in [6, 6.07) is 9.23. The highest BCUT2D eigenvalue weighted by Gasteiger charge is 2.29. The molecule has 5 N–H and O–H groups in total. The molecule has 0 aliphatic rings. The van der Waals surface area contributed by atoms with Gasteiger partial charge in [0, 0.05) is 18.8 Å². The number of nitrogens with one attached hydrogen (secondary N) is 1. The van der Waals surface area contributed by atoms with Crippen LogP contribution >= 0.6 is 11.6 Å². The Hall–Kier alpha value is -3.91. The third kappa shape index (κ3) is 7.10. The number of carbonyl (C=O) groups excluding carboxylic acids is 1. The third-order valence-corrected chi connectivity index (χ3v) is 4.01. The second kappa shape index (κ2) is 10.4. The van der Waals surface area contributed by atoms with E-state index in [2.05, 4.69) is 10.4 Å². The van der Waals surface area contributed by atoms with Crippen LogP contribution in [0.5, 0.6) is 5.88 Å². The molecule has 0 aliphatic heterocycles. The van der Waals surface area contributed by atoms with Gasteiger partial charge in [-0.3, -0.25) is 15.2 Å². The van der Waals surface area contributed by atoms with Gasteiger partial charge in [-0.1, -0.05) is 23.7 Å². The van der Waals surface area contributed by atoms with E-state index in [1.54, 1.807) is 0 Å². The number of nitrogens with two attached hydrogens (primary N) is 2. The van der Waals surface area contributed by atoms with Gasteiger partial charge in [0.25, 0.3) is 5.91 Å². The second-order valence-electron chi connectivity index (χ2n) is 6.31. The lowest BCUT2D eigenvalue weighted by molar-refractivity contribution is -0.154. The number of pyridine rings is 1. The lowest BCUT2D eigenvalue weighted by Crippen LogP contribution is -2.41. The molecule has 0 saturated carbocycles. The van der Waals surface area contributed by atoms with Gasteiger partial charge in [0.05, 0.1) is 22.4 Å². The van der Waals surface area contributed by atoms with Crippen LogP contribution in [-0.2, 0) is 0 Å². The number of halogens is 4. The van der Waals surface area contributed by atoms with Crippen LogP contribution < -0.4 is 21.6 Å². The van der Waals surface area contributed by atoms with Gasteiger partial charge in [-0.05, 0) is 35.9 Å². The number of hydrazine groups is 1. The molecule has 0 aliphatic carbocycles. The van der Waals surface area contributed by atoms with Crippen LogP contribution in [0.3, 0.4) is 0 Å². The van der Waals surface area contributed by atoms with Crippen molar-refractivity contribution in [3.8, 4) is 23.1 Å². The van der Waals surface area contributed by atoms with Crippen LogP contribution in [0.4, 0.5) is 13.2 Å². The van der Waals surface area contributed by atoms with Crippen molar-refractivity contribution >= 4 is 17.5 Å². The van der Waals surface area contributed by atoms with Gasteiger partial charge in [-0.15, -0.1) is 0 Å². The van der Waals surface area contributed by atoms with Crippen molar-refractivity contribution in [1.82, 2.24) is 15.4 Å². The van der Waals surface area contributed by atoms with Crippen LogP contribution in [0.25, 0.3) is 11.1 Å². The number of allylic oxidation sites excluding steroid dienone is 2. The van der Waals surface area contributed by atoms with E-state index in [1.165, 1.54) is 54.5 Å². The van der Waals surface area contributed by atoms with Crippen molar-refractivity contribution in [1.29, 1.82) is 5.26 Å². The summed E-state index contributed by atoms with van der Waals surface area (Å²) in [6.45, 7) is -1.56. The monoisotopic (exact) mass is 466 g/mol. The molecule has 0 fully saturated rings. The molecule has 168 valence electrons. The first-order chi connectivity index (χ1) is 15.0. The van der Waals surface area contributed by atoms with Gasteiger partial charge in [-0.2, -0.15) is 18.4 Å². The van der Waals surface area contributed by atoms with Crippen LogP contribution in [0.2, 0.25) is 0 Å². The van der Waals surface area contributed by atoms with E-state index in [4.69, 9.17) is 33.1 Å². The SMILES string of the molecule is CN(NC(=O)c1cnc(OCC(F)(F)F)c(-c2ccc(C#N)cc2)c1)/C(N)=C/C=C(\N)Cl. The maximum atomic E-state index is 12.6. The highest BCUT2D eigenvalue weighted by atomic mass is 35.5. The number of ether oxygens (including phenoxy) is 1. The second-order valence-corrected chi connectivity index (χ2v) is 6.75. The Bertz CT molecular complexity index is 1070. The van der Waals surface area contributed by atoms with Gasteiger partial charge in [0.15, 0.2) is 6.61 Å². The Labute approximate surface area is 186 Å². The fraction of sp³-hybridized carbons (Fsp3) is 0.150. The highest BCUT2D eigenvalue weighted by Crippen LogP contribution is 2.30. The number of rotatable bonds is 7. The van der Waals surface area contributed by atoms with Crippen LogP contribution in [0, 0.1) is 11.3 Å². The lowest BCUT2D eigenvalue weighted by atomic mass is 10.0. The summed E-state index contributed by atoms with van der Waals surface area (Å²) >= 11 is 5.52. The number of benzene rings is 1. The first kappa shape index (κ1) is 24.4. The number of nitriles is 1. The Morgan fingerprint density at radius 2 is 1.97 bits per heavy atom. The zero-order chi connectivity index (χ0) is 23.9. The predicted molar refractivity (Wildman–Crippen MR) is 112 cm³/mol. The summed E-state index contributed by atoms with van der Waals surface area (Å²) in [7, 11) is 1.46. The number of nitrogens with zero attached hydrogens (tertiary/aromatic N) is 3. The summed E-state index contributed by atoms with van der Waals surface area (Å²) in [4.78, 5) is 16.5. The van der Waals surface area contributed by atoms with Gasteiger partial charge in [0.2, 0.25) is 5.88 Å². The lowest BCUT2D eigenvalue weighted by Gasteiger charge is -2.20. The molecule has 1 amide bonds. The average Bonchev–Trinajstić information content (AvgIpc) is 2.75. The molecule has 12 heteroatoms. The Balaban J connectivity index is 2.35. The quantitative estimate of drug-likeness (QED) is 0.325. The van der Waals surface area contributed by atoms with E-state index in [0.717, 1.165) is 6.20 Å². The molecule has 8 nitrogen and oxygen atoms in total. The van der Waals surface area contributed by atoms with Crippen LogP contribution in [0.15, 0.2) is 59.7 Å². The predicted octanol–water partition coefficient (Wildman–Crippen LogP) is 2.98. The van der Waals surface area contributed by atoms with Gasteiger partial charge >= 0.3 is 6.18 Å². The molecule has 32 heavy (non-hydrogen) atoms. The van der Waals surface area contributed by atoms with Crippen LogP contribution in [-0.4, -0.2) is 35.7 Å². The van der Waals surface area contributed by atoms with Crippen molar-refractivity contribution in [3.63, 3.8) is 0 Å². The molecule has 0 spiro atoms. The molecule has 2 rings (SSSR count). The fourth-order valence-electron chi connectivity index (χ4n) is 2.33. The minimum Gasteiger partial charge on any atom is -0.468 e. The van der Waals surface area contributed by atoms with E-state index in [-0.39, 0.29) is 28.0 Å². The molecule has 0 unspecified atom stereocenters. The summed E-state index contributed by atoms with van der Waals surface area (Å²) in [5, 5.41) is 10.1. The maximum absolute atomic E-state index is 12.6. The van der Waals surface area contributed by atoms with Crippen molar-refractivity contribution in [3.05, 3.63) is 70.8 Å². The van der Waals surface area contributed by atoms with Gasteiger partial charge < -0.3 is 16.2 Å². The third-order valence-electron chi connectivity index (χ3n) is 3.88.